The standard InChI is InChI=1S/C8H15F2N/c9-8(10)7(11)6-4-2-1-3-5-6/h6-8H,1-5,11H2/t7-/m1/s1. The SMILES string of the molecule is N[C@@H](C(F)F)C1CCCCC1. The third-order valence-corrected chi connectivity index (χ3v) is 2.49. The van der Waals surface area contributed by atoms with E-state index >= 15 is 0 Å². The first kappa shape index (κ1) is 8.91. The van der Waals surface area contributed by atoms with Gasteiger partial charge in [-0.05, 0) is 18.8 Å². The molecular formula is C8H15F2N. The van der Waals surface area contributed by atoms with Gasteiger partial charge in [0.15, 0.2) is 0 Å². The molecule has 0 aliphatic heterocycles. The minimum atomic E-state index is -2.34. The van der Waals surface area contributed by atoms with E-state index in [4.69, 9.17) is 5.73 Å². The molecule has 0 bridgehead atoms. The number of rotatable bonds is 2. The Hall–Kier alpha value is -0.180. The Kier molecular flexibility index (Phi) is 3.24. The number of halogens is 2. The molecule has 0 heterocycles. The molecule has 66 valence electrons. The van der Waals surface area contributed by atoms with Crippen LogP contribution in [0.5, 0.6) is 0 Å². The van der Waals surface area contributed by atoms with E-state index < -0.39 is 12.5 Å². The van der Waals surface area contributed by atoms with E-state index in [9.17, 15) is 8.78 Å². The monoisotopic (exact) mass is 163 g/mol. The Morgan fingerprint density at radius 3 is 2.09 bits per heavy atom. The lowest BCUT2D eigenvalue weighted by atomic mass is 9.84. The minimum absolute atomic E-state index is 0.0729. The van der Waals surface area contributed by atoms with Crippen molar-refractivity contribution in [2.45, 2.75) is 44.6 Å². The van der Waals surface area contributed by atoms with E-state index in [-0.39, 0.29) is 5.92 Å². The molecule has 1 saturated carbocycles. The molecule has 0 saturated heterocycles. The van der Waals surface area contributed by atoms with Gasteiger partial charge in [0, 0.05) is 0 Å². The lowest BCUT2D eigenvalue weighted by Crippen LogP contribution is -2.37. The van der Waals surface area contributed by atoms with Gasteiger partial charge < -0.3 is 5.73 Å². The van der Waals surface area contributed by atoms with Crippen molar-refractivity contribution < 1.29 is 8.78 Å². The van der Waals surface area contributed by atoms with Crippen molar-refractivity contribution >= 4 is 0 Å². The summed E-state index contributed by atoms with van der Waals surface area (Å²) in [6.07, 6.45) is 2.79. The summed E-state index contributed by atoms with van der Waals surface area (Å²) in [7, 11) is 0. The van der Waals surface area contributed by atoms with Gasteiger partial charge in [0.2, 0.25) is 0 Å². The summed E-state index contributed by atoms with van der Waals surface area (Å²) >= 11 is 0. The zero-order valence-electron chi connectivity index (χ0n) is 6.60. The molecule has 0 spiro atoms. The topological polar surface area (TPSA) is 26.0 Å². The Balaban J connectivity index is 2.32. The number of alkyl halides is 2. The van der Waals surface area contributed by atoms with Crippen molar-refractivity contribution in [1.82, 2.24) is 0 Å². The second-order valence-corrected chi connectivity index (χ2v) is 3.31. The molecule has 1 aliphatic carbocycles. The minimum Gasteiger partial charge on any atom is -0.323 e. The number of hydrogen-bond donors (Lipinski definition) is 1. The molecular weight excluding hydrogens is 148 g/mol. The lowest BCUT2D eigenvalue weighted by molar-refractivity contribution is 0.0774. The fraction of sp³-hybridized carbons (Fsp3) is 1.00. The van der Waals surface area contributed by atoms with Gasteiger partial charge in [-0.2, -0.15) is 0 Å². The Labute approximate surface area is 66.0 Å². The molecule has 0 aromatic rings. The van der Waals surface area contributed by atoms with Gasteiger partial charge in [0.05, 0.1) is 6.04 Å². The maximum absolute atomic E-state index is 12.1. The van der Waals surface area contributed by atoms with Crippen molar-refractivity contribution in [3.8, 4) is 0 Å². The largest absolute Gasteiger partial charge is 0.323 e. The van der Waals surface area contributed by atoms with Gasteiger partial charge in [-0.15, -0.1) is 0 Å². The summed E-state index contributed by atoms with van der Waals surface area (Å²) in [6.45, 7) is 0. The molecule has 11 heavy (non-hydrogen) atoms. The summed E-state index contributed by atoms with van der Waals surface area (Å²) in [5.74, 6) is 0.0729. The maximum Gasteiger partial charge on any atom is 0.253 e. The predicted octanol–water partition coefficient (Wildman–Crippen LogP) is 2.16. The van der Waals surface area contributed by atoms with E-state index in [0.29, 0.717) is 0 Å². The molecule has 0 aromatic carbocycles. The second kappa shape index (κ2) is 4.00. The zero-order chi connectivity index (χ0) is 8.27. The average molecular weight is 163 g/mol. The normalized spacial score (nSPS) is 24.0. The van der Waals surface area contributed by atoms with E-state index in [1.807, 2.05) is 0 Å². The predicted molar refractivity (Wildman–Crippen MR) is 40.6 cm³/mol. The highest BCUT2D eigenvalue weighted by Gasteiger charge is 2.26. The van der Waals surface area contributed by atoms with Gasteiger partial charge in [-0.25, -0.2) is 8.78 Å². The Morgan fingerprint density at radius 1 is 1.09 bits per heavy atom. The summed E-state index contributed by atoms with van der Waals surface area (Å²) < 4.78 is 24.2. The summed E-state index contributed by atoms with van der Waals surface area (Å²) in [4.78, 5) is 0. The van der Waals surface area contributed by atoms with Gasteiger partial charge in [0.25, 0.3) is 6.43 Å². The molecule has 1 rings (SSSR count). The fourth-order valence-electron chi connectivity index (χ4n) is 1.72. The van der Waals surface area contributed by atoms with Crippen LogP contribution in [0, 0.1) is 5.92 Å². The van der Waals surface area contributed by atoms with Crippen LogP contribution in [0.1, 0.15) is 32.1 Å². The van der Waals surface area contributed by atoms with Crippen LogP contribution in [0.15, 0.2) is 0 Å². The van der Waals surface area contributed by atoms with Crippen molar-refractivity contribution in [3.05, 3.63) is 0 Å². The van der Waals surface area contributed by atoms with E-state index in [0.717, 1.165) is 25.7 Å². The van der Waals surface area contributed by atoms with E-state index in [1.165, 1.54) is 6.42 Å². The van der Waals surface area contributed by atoms with Gasteiger partial charge in [-0.3, -0.25) is 0 Å². The molecule has 2 N–H and O–H groups in total. The molecule has 1 nitrogen and oxygen atoms in total. The molecule has 3 heteroatoms. The quantitative estimate of drug-likeness (QED) is 0.663. The van der Waals surface area contributed by atoms with Crippen molar-refractivity contribution in [1.29, 1.82) is 0 Å². The second-order valence-electron chi connectivity index (χ2n) is 3.31. The van der Waals surface area contributed by atoms with Gasteiger partial charge in [0.1, 0.15) is 0 Å². The van der Waals surface area contributed by atoms with Crippen LogP contribution in [0.4, 0.5) is 8.78 Å². The van der Waals surface area contributed by atoms with Crippen LogP contribution >= 0.6 is 0 Å². The van der Waals surface area contributed by atoms with Crippen LogP contribution in [0.25, 0.3) is 0 Å². The average Bonchev–Trinajstić information content (AvgIpc) is 2.05. The number of nitrogens with two attached hydrogens (primary N) is 1. The molecule has 0 radical (unpaired) electrons. The molecule has 1 atom stereocenters. The lowest BCUT2D eigenvalue weighted by Gasteiger charge is -2.26. The molecule has 1 aliphatic rings. The Bertz CT molecular complexity index is 111. The third-order valence-electron chi connectivity index (χ3n) is 2.49. The van der Waals surface area contributed by atoms with E-state index in [2.05, 4.69) is 0 Å². The first-order chi connectivity index (χ1) is 5.22. The summed E-state index contributed by atoms with van der Waals surface area (Å²) in [6, 6.07) is -0.879. The van der Waals surface area contributed by atoms with Crippen LogP contribution in [0.2, 0.25) is 0 Å². The highest BCUT2D eigenvalue weighted by molar-refractivity contribution is 4.77. The molecule has 0 unspecified atom stereocenters. The van der Waals surface area contributed by atoms with Crippen LogP contribution in [0.3, 0.4) is 0 Å². The maximum atomic E-state index is 12.1. The highest BCUT2D eigenvalue weighted by atomic mass is 19.3. The van der Waals surface area contributed by atoms with Crippen LogP contribution < -0.4 is 5.73 Å². The summed E-state index contributed by atoms with van der Waals surface area (Å²) in [5, 5.41) is 0. The van der Waals surface area contributed by atoms with Crippen LogP contribution in [-0.4, -0.2) is 12.5 Å². The first-order valence-corrected chi connectivity index (χ1v) is 4.25. The molecule has 0 amide bonds. The summed E-state index contributed by atoms with van der Waals surface area (Å²) in [5.41, 5.74) is 5.34. The van der Waals surface area contributed by atoms with Crippen molar-refractivity contribution in [3.63, 3.8) is 0 Å². The van der Waals surface area contributed by atoms with Crippen molar-refractivity contribution in [2.24, 2.45) is 11.7 Å². The molecule has 1 fully saturated rings. The highest BCUT2D eigenvalue weighted by Crippen LogP contribution is 2.27. The van der Waals surface area contributed by atoms with Gasteiger partial charge >= 0.3 is 0 Å². The Morgan fingerprint density at radius 2 is 1.64 bits per heavy atom. The van der Waals surface area contributed by atoms with Gasteiger partial charge in [-0.1, -0.05) is 19.3 Å². The molecule has 0 aromatic heterocycles. The zero-order valence-corrected chi connectivity index (χ0v) is 6.60. The fourth-order valence-corrected chi connectivity index (χ4v) is 1.72. The van der Waals surface area contributed by atoms with E-state index in [1.54, 1.807) is 0 Å². The first-order valence-electron chi connectivity index (χ1n) is 4.25. The van der Waals surface area contributed by atoms with Crippen LogP contribution in [-0.2, 0) is 0 Å². The smallest absolute Gasteiger partial charge is 0.253 e. The number of hydrogen-bond acceptors (Lipinski definition) is 1. The third kappa shape index (κ3) is 2.40. The van der Waals surface area contributed by atoms with Crippen molar-refractivity contribution in [2.75, 3.05) is 0 Å².